The van der Waals surface area contributed by atoms with E-state index in [2.05, 4.69) is 0 Å². The lowest BCUT2D eigenvalue weighted by molar-refractivity contribution is -0.134. The Morgan fingerprint density at radius 2 is 2.03 bits per heavy atom. The van der Waals surface area contributed by atoms with Crippen LogP contribution >= 0.6 is 35.3 Å². The molecule has 3 aliphatic rings. The van der Waals surface area contributed by atoms with Crippen molar-refractivity contribution in [1.29, 1.82) is 0 Å². The minimum Gasteiger partial charge on any atom is -0.342 e. The summed E-state index contributed by atoms with van der Waals surface area (Å²) < 4.78 is 2.37. The maximum Gasteiger partial charge on any atom is 0.266 e. The van der Waals surface area contributed by atoms with E-state index in [1.807, 2.05) is 39.1 Å². The van der Waals surface area contributed by atoms with Crippen LogP contribution in [0.1, 0.15) is 29.3 Å². The summed E-state index contributed by atoms with van der Waals surface area (Å²) in [5.41, 5.74) is 1.06. The molecule has 2 amide bonds. The van der Waals surface area contributed by atoms with E-state index in [-0.39, 0.29) is 29.7 Å². The zero-order chi connectivity index (χ0) is 21.5. The number of hydrogen-bond acceptors (Lipinski definition) is 6. The molecule has 0 radical (unpaired) electrons. The molecule has 3 aliphatic heterocycles. The van der Waals surface area contributed by atoms with Crippen molar-refractivity contribution in [3.63, 3.8) is 0 Å². The van der Waals surface area contributed by atoms with Gasteiger partial charge < -0.3 is 9.47 Å². The Balaban J connectivity index is 1.23. The molecule has 2 atom stereocenters. The summed E-state index contributed by atoms with van der Waals surface area (Å²) in [6.07, 6.45) is 3.12. The Morgan fingerprint density at radius 1 is 1.16 bits per heavy atom. The lowest BCUT2D eigenvalue weighted by Gasteiger charge is -2.42. The Kier molecular flexibility index (Phi) is 5.58. The van der Waals surface area contributed by atoms with Crippen molar-refractivity contribution in [2.75, 3.05) is 19.6 Å². The van der Waals surface area contributed by atoms with E-state index in [1.165, 1.54) is 16.7 Å². The second-order valence-corrected chi connectivity index (χ2v) is 10.8. The first-order valence-corrected chi connectivity index (χ1v) is 12.4. The SMILES string of the molecule is O=C(CCN1C(=O)/C(=C\c2cccs2)SC1=S)N1CC2C[C@H](C1)Cn1c2cccc1=O. The van der Waals surface area contributed by atoms with Crippen LogP contribution in [0.4, 0.5) is 0 Å². The highest BCUT2D eigenvalue weighted by atomic mass is 32.2. The summed E-state index contributed by atoms with van der Waals surface area (Å²) in [7, 11) is 0. The molecular weight excluding hydrogens is 450 g/mol. The molecule has 0 aromatic carbocycles. The summed E-state index contributed by atoms with van der Waals surface area (Å²) in [6.45, 7) is 2.24. The Morgan fingerprint density at radius 3 is 2.84 bits per heavy atom. The van der Waals surface area contributed by atoms with Gasteiger partial charge in [0, 0.05) is 55.2 Å². The standard InChI is InChI=1S/C22H21N3O3S3/c26-19(6-7-24-21(28)18(31-22(24)29)10-16-3-2-8-30-16)23-11-14-9-15(13-23)17-4-1-5-20(27)25(17)12-14/h1-5,8,10,14-15H,6-7,9,11-13H2/b18-10+/t14-,15?/m1/s1. The van der Waals surface area contributed by atoms with Gasteiger partial charge in [0.15, 0.2) is 0 Å². The fourth-order valence-corrected chi connectivity index (χ4v) is 6.69. The van der Waals surface area contributed by atoms with E-state index in [4.69, 9.17) is 12.2 Å². The molecule has 9 heteroatoms. The van der Waals surface area contributed by atoms with Crippen LogP contribution in [-0.2, 0) is 16.1 Å². The number of carbonyl (C=O) groups excluding carboxylic acids is 2. The number of pyridine rings is 1. The number of thioether (sulfide) groups is 1. The predicted octanol–water partition coefficient (Wildman–Crippen LogP) is 3.15. The van der Waals surface area contributed by atoms with Gasteiger partial charge in [0.2, 0.25) is 5.91 Å². The van der Waals surface area contributed by atoms with Crippen LogP contribution in [0.3, 0.4) is 0 Å². The third-order valence-electron chi connectivity index (χ3n) is 6.07. The van der Waals surface area contributed by atoms with Crippen molar-refractivity contribution in [1.82, 2.24) is 14.4 Å². The van der Waals surface area contributed by atoms with Gasteiger partial charge in [-0.2, -0.15) is 0 Å². The number of nitrogens with zero attached hydrogens (tertiary/aromatic N) is 3. The molecule has 31 heavy (non-hydrogen) atoms. The first-order valence-electron chi connectivity index (χ1n) is 10.3. The monoisotopic (exact) mass is 471 g/mol. The number of carbonyl (C=O) groups is 2. The second kappa shape index (κ2) is 8.37. The van der Waals surface area contributed by atoms with Crippen LogP contribution in [-0.4, -0.2) is 50.1 Å². The second-order valence-electron chi connectivity index (χ2n) is 8.10. The lowest BCUT2D eigenvalue weighted by Crippen LogP contribution is -2.49. The van der Waals surface area contributed by atoms with Crippen molar-refractivity contribution < 1.29 is 9.59 Å². The van der Waals surface area contributed by atoms with Gasteiger partial charge in [-0.1, -0.05) is 36.1 Å². The average molecular weight is 472 g/mol. The Hall–Kier alpha value is -2.23. The van der Waals surface area contributed by atoms with Gasteiger partial charge in [0.05, 0.1) is 4.91 Å². The van der Waals surface area contributed by atoms with Crippen LogP contribution in [0.5, 0.6) is 0 Å². The van der Waals surface area contributed by atoms with Gasteiger partial charge in [-0.15, -0.1) is 11.3 Å². The van der Waals surface area contributed by atoms with Gasteiger partial charge in [0.25, 0.3) is 11.5 Å². The lowest BCUT2D eigenvalue weighted by atomic mass is 9.83. The van der Waals surface area contributed by atoms with E-state index >= 15 is 0 Å². The molecule has 2 fully saturated rings. The van der Waals surface area contributed by atoms with Gasteiger partial charge >= 0.3 is 0 Å². The summed E-state index contributed by atoms with van der Waals surface area (Å²) in [6, 6.07) is 9.30. The molecule has 0 spiro atoms. The molecule has 6 nitrogen and oxygen atoms in total. The number of fused-ring (bicyclic) bond motifs is 4. The van der Waals surface area contributed by atoms with Crippen LogP contribution in [0.15, 0.2) is 45.4 Å². The normalized spacial score (nSPS) is 24.1. The molecule has 2 aromatic rings. The highest BCUT2D eigenvalue weighted by Gasteiger charge is 2.37. The third-order valence-corrected chi connectivity index (χ3v) is 8.27. The molecule has 0 saturated carbocycles. The number of aromatic nitrogens is 1. The van der Waals surface area contributed by atoms with Gasteiger partial charge in [-0.05, 0) is 35.9 Å². The fraction of sp³-hybridized carbons (Fsp3) is 0.364. The smallest absolute Gasteiger partial charge is 0.266 e. The van der Waals surface area contributed by atoms with Crippen LogP contribution in [0.25, 0.3) is 6.08 Å². The molecule has 0 N–H and O–H groups in total. The summed E-state index contributed by atoms with van der Waals surface area (Å²) >= 11 is 8.26. The summed E-state index contributed by atoms with van der Waals surface area (Å²) in [5.74, 6) is 0.397. The Bertz CT molecular complexity index is 1140. The first-order chi connectivity index (χ1) is 15.0. The van der Waals surface area contributed by atoms with E-state index in [1.54, 1.807) is 23.5 Å². The fourth-order valence-electron chi connectivity index (χ4n) is 4.66. The first kappa shape index (κ1) is 20.7. The van der Waals surface area contributed by atoms with E-state index in [9.17, 15) is 14.4 Å². The average Bonchev–Trinajstić information content (AvgIpc) is 3.35. The molecular formula is C22H21N3O3S3. The minimum absolute atomic E-state index is 0.0388. The van der Waals surface area contributed by atoms with Crippen molar-refractivity contribution >= 4 is 57.5 Å². The molecule has 160 valence electrons. The number of rotatable bonds is 4. The summed E-state index contributed by atoms with van der Waals surface area (Å²) in [4.78, 5) is 43.0. The van der Waals surface area contributed by atoms with E-state index in [0.29, 0.717) is 41.3 Å². The van der Waals surface area contributed by atoms with Crippen LogP contribution in [0.2, 0.25) is 0 Å². The van der Waals surface area contributed by atoms with Crippen molar-refractivity contribution in [3.05, 3.63) is 61.5 Å². The van der Waals surface area contributed by atoms with Crippen LogP contribution < -0.4 is 5.56 Å². The number of amides is 2. The zero-order valence-corrected chi connectivity index (χ0v) is 19.2. The van der Waals surface area contributed by atoms with Crippen LogP contribution in [0, 0.1) is 5.92 Å². The summed E-state index contributed by atoms with van der Waals surface area (Å²) in [5, 5.41) is 1.97. The topological polar surface area (TPSA) is 62.6 Å². The Labute approximate surface area is 193 Å². The number of thiophene rings is 1. The van der Waals surface area contributed by atoms with Crippen molar-refractivity contribution in [3.8, 4) is 0 Å². The number of hydrogen-bond donors (Lipinski definition) is 0. The zero-order valence-electron chi connectivity index (χ0n) is 16.7. The minimum atomic E-state index is -0.125. The maximum absolute atomic E-state index is 13.0. The maximum atomic E-state index is 13.0. The third kappa shape index (κ3) is 4.02. The van der Waals surface area contributed by atoms with Gasteiger partial charge in [0.1, 0.15) is 4.32 Å². The molecule has 1 unspecified atom stereocenters. The quantitative estimate of drug-likeness (QED) is 0.506. The highest BCUT2D eigenvalue weighted by molar-refractivity contribution is 8.26. The van der Waals surface area contributed by atoms with E-state index in [0.717, 1.165) is 17.0 Å². The molecule has 2 saturated heterocycles. The molecule has 2 aromatic heterocycles. The highest BCUT2D eigenvalue weighted by Crippen LogP contribution is 2.36. The molecule has 5 rings (SSSR count). The molecule has 2 bridgehead atoms. The number of piperidine rings is 1. The largest absolute Gasteiger partial charge is 0.342 e. The van der Waals surface area contributed by atoms with Crippen molar-refractivity contribution in [2.45, 2.75) is 25.3 Å². The van der Waals surface area contributed by atoms with E-state index < -0.39 is 0 Å². The van der Waals surface area contributed by atoms with Gasteiger partial charge in [-0.25, -0.2) is 0 Å². The van der Waals surface area contributed by atoms with Gasteiger partial charge in [-0.3, -0.25) is 19.3 Å². The number of likely N-dealkylation sites (tertiary alicyclic amines) is 1. The predicted molar refractivity (Wildman–Crippen MR) is 127 cm³/mol. The molecule has 0 aliphatic carbocycles. The van der Waals surface area contributed by atoms with Crippen molar-refractivity contribution in [2.24, 2.45) is 5.92 Å². The molecule has 5 heterocycles. The number of thiocarbonyl (C=S) groups is 1.